The van der Waals surface area contributed by atoms with E-state index in [2.05, 4.69) is 4.98 Å². The Kier molecular flexibility index (Phi) is 3.78. The minimum atomic E-state index is -0.417. The van der Waals surface area contributed by atoms with E-state index in [1.807, 2.05) is 37.4 Å². The number of methoxy groups -OCH3 is 2. The third-order valence-corrected chi connectivity index (χ3v) is 3.92. The van der Waals surface area contributed by atoms with Crippen molar-refractivity contribution < 1.29 is 9.47 Å². The van der Waals surface area contributed by atoms with Crippen LogP contribution in [0.2, 0.25) is 0 Å². The summed E-state index contributed by atoms with van der Waals surface area (Å²) in [6, 6.07) is 5.76. The van der Waals surface area contributed by atoms with Gasteiger partial charge in [-0.05, 0) is 32.0 Å². The molecule has 0 radical (unpaired) electrons. The number of benzene rings is 1. The molecule has 1 aromatic carbocycles. The predicted molar refractivity (Wildman–Crippen MR) is 77.9 cm³/mol. The van der Waals surface area contributed by atoms with E-state index in [9.17, 15) is 0 Å². The molecular formula is C14H18N2O2S. The van der Waals surface area contributed by atoms with E-state index in [0.717, 1.165) is 16.3 Å². The number of aromatic nitrogens is 1. The van der Waals surface area contributed by atoms with Crippen molar-refractivity contribution in [1.29, 1.82) is 0 Å². The molecule has 102 valence electrons. The van der Waals surface area contributed by atoms with Crippen LogP contribution in [0.25, 0.3) is 11.3 Å². The first kappa shape index (κ1) is 13.8. The monoisotopic (exact) mass is 278 g/mol. The molecule has 0 aliphatic rings. The van der Waals surface area contributed by atoms with Crippen LogP contribution in [-0.4, -0.2) is 19.2 Å². The van der Waals surface area contributed by atoms with Crippen molar-refractivity contribution >= 4 is 11.3 Å². The molecule has 4 nitrogen and oxygen atoms in total. The number of ether oxygens (including phenoxy) is 2. The fraction of sp³-hybridized carbons (Fsp3) is 0.357. The minimum absolute atomic E-state index is 0.417. The largest absolute Gasteiger partial charge is 0.493 e. The van der Waals surface area contributed by atoms with Gasteiger partial charge >= 0.3 is 0 Å². The summed E-state index contributed by atoms with van der Waals surface area (Å²) in [5.74, 6) is 1.41. The molecule has 0 unspecified atom stereocenters. The number of thiazole rings is 1. The first-order valence-electron chi connectivity index (χ1n) is 5.93. The SMILES string of the molecule is COc1ccc(-c2csc(C(C)(C)N)n2)cc1OC. The molecule has 0 aliphatic carbocycles. The Hall–Kier alpha value is -1.59. The first-order chi connectivity index (χ1) is 8.95. The molecule has 0 bridgehead atoms. The predicted octanol–water partition coefficient (Wildman–Crippen LogP) is 3.02. The van der Waals surface area contributed by atoms with E-state index in [1.165, 1.54) is 0 Å². The van der Waals surface area contributed by atoms with Crippen molar-refractivity contribution in [3.63, 3.8) is 0 Å². The maximum absolute atomic E-state index is 6.05. The van der Waals surface area contributed by atoms with Crippen molar-refractivity contribution in [3.8, 4) is 22.8 Å². The molecule has 0 atom stereocenters. The quantitative estimate of drug-likeness (QED) is 0.934. The van der Waals surface area contributed by atoms with E-state index < -0.39 is 5.54 Å². The first-order valence-corrected chi connectivity index (χ1v) is 6.81. The number of hydrogen-bond acceptors (Lipinski definition) is 5. The Labute approximate surface area is 117 Å². The zero-order valence-electron chi connectivity index (χ0n) is 11.6. The van der Waals surface area contributed by atoms with Gasteiger partial charge in [-0.25, -0.2) is 4.98 Å². The lowest BCUT2D eigenvalue weighted by molar-refractivity contribution is 0.355. The number of nitrogens with zero attached hydrogens (tertiary/aromatic N) is 1. The summed E-state index contributed by atoms with van der Waals surface area (Å²) in [6.45, 7) is 3.90. The van der Waals surface area contributed by atoms with Crippen molar-refractivity contribution in [2.24, 2.45) is 5.73 Å². The second-order valence-electron chi connectivity index (χ2n) is 4.83. The number of rotatable bonds is 4. The summed E-state index contributed by atoms with van der Waals surface area (Å²) in [5.41, 5.74) is 7.53. The van der Waals surface area contributed by atoms with Crippen molar-refractivity contribution in [2.75, 3.05) is 14.2 Å². The van der Waals surface area contributed by atoms with E-state index >= 15 is 0 Å². The molecule has 0 amide bonds. The van der Waals surface area contributed by atoms with E-state index in [1.54, 1.807) is 25.6 Å². The van der Waals surface area contributed by atoms with Gasteiger partial charge in [0.2, 0.25) is 0 Å². The van der Waals surface area contributed by atoms with Crippen LogP contribution in [0.1, 0.15) is 18.9 Å². The molecule has 2 rings (SSSR count). The lowest BCUT2D eigenvalue weighted by Crippen LogP contribution is -2.28. The third-order valence-electron chi connectivity index (χ3n) is 2.73. The highest BCUT2D eigenvalue weighted by molar-refractivity contribution is 7.10. The van der Waals surface area contributed by atoms with Crippen molar-refractivity contribution in [3.05, 3.63) is 28.6 Å². The van der Waals surface area contributed by atoms with Crippen molar-refractivity contribution in [2.45, 2.75) is 19.4 Å². The van der Waals surface area contributed by atoms with Crippen LogP contribution in [0.15, 0.2) is 23.6 Å². The Balaban J connectivity index is 2.39. The van der Waals surface area contributed by atoms with E-state index in [4.69, 9.17) is 15.2 Å². The smallest absolute Gasteiger partial charge is 0.161 e. The van der Waals surface area contributed by atoms with Crippen LogP contribution >= 0.6 is 11.3 Å². The molecule has 2 aromatic rings. The summed E-state index contributed by atoms with van der Waals surface area (Å²) in [7, 11) is 3.24. The standard InChI is InChI=1S/C14H18N2O2S/c1-14(2,15)13-16-10(8-19-13)9-5-6-11(17-3)12(7-9)18-4/h5-8H,15H2,1-4H3. The summed E-state index contributed by atoms with van der Waals surface area (Å²) in [5, 5.41) is 2.92. The Morgan fingerprint density at radius 1 is 1.16 bits per heavy atom. The summed E-state index contributed by atoms with van der Waals surface area (Å²) in [4.78, 5) is 4.58. The molecule has 0 saturated carbocycles. The van der Waals surface area contributed by atoms with Gasteiger partial charge < -0.3 is 15.2 Å². The molecule has 0 saturated heterocycles. The average Bonchev–Trinajstić information content (AvgIpc) is 2.87. The number of hydrogen-bond donors (Lipinski definition) is 1. The second kappa shape index (κ2) is 5.19. The molecule has 0 spiro atoms. The molecule has 2 N–H and O–H groups in total. The zero-order valence-corrected chi connectivity index (χ0v) is 12.4. The van der Waals surface area contributed by atoms with Gasteiger partial charge in [0.15, 0.2) is 11.5 Å². The number of nitrogens with two attached hydrogens (primary N) is 1. The molecule has 1 aromatic heterocycles. The lowest BCUT2D eigenvalue weighted by atomic mass is 10.1. The van der Waals surface area contributed by atoms with Crippen LogP contribution in [0.4, 0.5) is 0 Å². The van der Waals surface area contributed by atoms with Gasteiger partial charge in [0.25, 0.3) is 0 Å². The van der Waals surface area contributed by atoms with Crippen LogP contribution in [0.5, 0.6) is 11.5 Å². The van der Waals surface area contributed by atoms with Gasteiger partial charge in [-0.1, -0.05) is 0 Å². The van der Waals surface area contributed by atoms with Gasteiger partial charge in [0.1, 0.15) is 5.01 Å². The average molecular weight is 278 g/mol. The Morgan fingerprint density at radius 3 is 2.37 bits per heavy atom. The second-order valence-corrected chi connectivity index (χ2v) is 5.69. The highest BCUT2D eigenvalue weighted by atomic mass is 32.1. The summed E-state index contributed by atoms with van der Waals surface area (Å²) < 4.78 is 10.5. The van der Waals surface area contributed by atoms with Crippen LogP contribution in [0.3, 0.4) is 0 Å². The molecule has 0 aliphatic heterocycles. The summed E-state index contributed by atoms with van der Waals surface area (Å²) in [6.07, 6.45) is 0. The Morgan fingerprint density at radius 2 is 1.84 bits per heavy atom. The molecule has 0 fully saturated rings. The third kappa shape index (κ3) is 2.88. The molecule has 1 heterocycles. The molecule has 19 heavy (non-hydrogen) atoms. The highest BCUT2D eigenvalue weighted by Gasteiger charge is 2.19. The lowest BCUT2D eigenvalue weighted by Gasteiger charge is -2.14. The van der Waals surface area contributed by atoms with Gasteiger partial charge in [-0.15, -0.1) is 11.3 Å². The summed E-state index contributed by atoms with van der Waals surface area (Å²) >= 11 is 1.57. The highest BCUT2D eigenvalue weighted by Crippen LogP contribution is 2.33. The van der Waals surface area contributed by atoms with E-state index in [-0.39, 0.29) is 0 Å². The van der Waals surface area contributed by atoms with Gasteiger partial charge in [0.05, 0.1) is 25.5 Å². The Bertz CT molecular complexity index is 573. The van der Waals surface area contributed by atoms with Crippen LogP contribution in [0, 0.1) is 0 Å². The van der Waals surface area contributed by atoms with E-state index in [0.29, 0.717) is 11.5 Å². The fourth-order valence-electron chi connectivity index (χ4n) is 1.70. The maximum atomic E-state index is 6.05. The van der Waals surface area contributed by atoms with Crippen LogP contribution in [-0.2, 0) is 5.54 Å². The van der Waals surface area contributed by atoms with Gasteiger partial charge in [-0.3, -0.25) is 0 Å². The fourth-order valence-corrected chi connectivity index (χ4v) is 2.56. The maximum Gasteiger partial charge on any atom is 0.161 e. The van der Waals surface area contributed by atoms with Gasteiger partial charge in [0, 0.05) is 10.9 Å². The van der Waals surface area contributed by atoms with Gasteiger partial charge in [-0.2, -0.15) is 0 Å². The minimum Gasteiger partial charge on any atom is -0.493 e. The normalized spacial score (nSPS) is 11.4. The zero-order chi connectivity index (χ0) is 14.0. The molecular weight excluding hydrogens is 260 g/mol. The van der Waals surface area contributed by atoms with Crippen LogP contribution < -0.4 is 15.2 Å². The molecule has 5 heteroatoms. The van der Waals surface area contributed by atoms with Crippen molar-refractivity contribution in [1.82, 2.24) is 4.98 Å². The topological polar surface area (TPSA) is 57.4 Å².